The molecule has 1 aliphatic carbocycles. The number of aliphatic carboxylic acids is 1. The van der Waals surface area contributed by atoms with Crippen molar-refractivity contribution >= 4 is 18.0 Å². The Bertz CT molecular complexity index is 1400. The number of alkyl carbamates (subject to hydrolysis) is 1. The quantitative estimate of drug-likeness (QED) is 0.387. The first-order valence-corrected chi connectivity index (χ1v) is 14.2. The highest BCUT2D eigenvalue weighted by Crippen LogP contribution is 2.45. The van der Waals surface area contributed by atoms with E-state index >= 15 is 0 Å². The molecule has 3 unspecified atom stereocenters. The number of hydrogen-bond donors (Lipinski definition) is 2. The zero-order valence-electron chi connectivity index (χ0n) is 22.9. The Morgan fingerprint density at radius 1 is 0.927 bits per heavy atom. The molecule has 2 N–H and O–H groups in total. The lowest BCUT2D eigenvalue weighted by atomic mass is 9.89. The Kier molecular flexibility index (Phi) is 7.49. The summed E-state index contributed by atoms with van der Waals surface area (Å²) in [4.78, 5) is 40.7. The first kappa shape index (κ1) is 27.0. The molecule has 0 aromatic heterocycles. The van der Waals surface area contributed by atoms with Crippen LogP contribution in [0.1, 0.15) is 48.8 Å². The third kappa shape index (κ3) is 5.20. The average molecular weight is 555 g/mol. The molecule has 2 aliphatic heterocycles. The minimum atomic E-state index is -1.02. The number of carbonyl (C=O) groups excluding carboxylic acids is 2. The summed E-state index contributed by atoms with van der Waals surface area (Å²) in [5.74, 6) is -1.91. The lowest BCUT2D eigenvalue weighted by Crippen LogP contribution is -2.56. The summed E-state index contributed by atoms with van der Waals surface area (Å²) in [5, 5.41) is 12.5. The number of nitrogens with zero attached hydrogens (tertiary/aromatic N) is 1. The van der Waals surface area contributed by atoms with E-state index in [0.29, 0.717) is 12.8 Å². The maximum Gasteiger partial charge on any atom is 0.407 e. The Morgan fingerprint density at radius 2 is 1.56 bits per heavy atom. The molecule has 3 aromatic carbocycles. The van der Waals surface area contributed by atoms with Gasteiger partial charge < -0.3 is 24.8 Å². The van der Waals surface area contributed by atoms with Gasteiger partial charge in [-0.15, -0.1) is 0 Å². The van der Waals surface area contributed by atoms with Gasteiger partial charge in [-0.1, -0.05) is 78.9 Å². The molecule has 41 heavy (non-hydrogen) atoms. The van der Waals surface area contributed by atoms with Crippen molar-refractivity contribution in [1.82, 2.24) is 10.2 Å². The molecule has 2 heterocycles. The van der Waals surface area contributed by atoms with Crippen LogP contribution in [0.2, 0.25) is 0 Å². The van der Waals surface area contributed by atoms with Crippen molar-refractivity contribution in [1.29, 1.82) is 0 Å². The summed E-state index contributed by atoms with van der Waals surface area (Å²) in [6, 6.07) is 24.3. The van der Waals surface area contributed by atoms with Crippen LogP contribution in [0.3, 0.4) is 0 Å². The van der Waals surface area contributed by atoms with Crippen molar-refractivity contribution in [2.24, 2.45) is 5.92 Å². The van der Waals surface area contributed by atoms with E-state index in [4.69, 9.17) is 9.47 Å². The van der Waals surface area contributed by atoms with E-state index in [1.165, 1.54) is 0 Å². The highest BCUT2D eigenvalue weighted by molar-refractivity contribution is 5.88. The van der Waals surface area contributed by atoms with E-state index in [-0.39, 0.29) is 37.1 Å². The van der Waals surface area contributed by atoms with Gasteiger partial charge in [0.05, 0.1) is 18.6 Å². The number of amides is 2. The molecule has 2 fully saturated rings. The topological polar surface area (TPSA) is 105 Å². The Balaban J connectivity index is 1.18. The van der Waals surface area contributed by atoms with Crippen molar-refractivity contribution in [3.63, 3.8) is 0 Å². The Labute approximate surface area is 239 Å². The normalized spacial score (nSPS) is 22.1. The van der Waals surface area contributed by atoms with Gasteiger partial charge in [-0.05, 0) is 54.0 Å². The van der Waals surface area contributed by atoms with Crippen molar-refractivity contribution in [2.75, 3.05) is 6.61 Å². The van der Waals surface area contributed by atoms with E-state index < -0.39 is 30.1 Å². The number of hydrogen-bond acceptors (Lipinski definition) is 5. The largest absolute Gasteiger partial charge is 0.481 e. The first-order valence-electron chi connectivity index (χ1n) is 14.2. The molecule has 8 nitrogen and oxygen atoms in total. The van der Waals surface area contributed by atoms with Crippen LogP contribution in [0.5, 0.6) is 0 Å². The van der Waals surface area contributed by atoms with Gasteiger partial charge in [0, 0.05) is 18.0 Å². The van der Waals surface area contributed by atoms with E-state index in [2.05, 4.69) is 29.6 Å². The van der Waals surface area contributed by atoms with E-state index in [9.17, 15) is 19.5 Å². The summed E-state index contributed by atoms with van der Waals surface area (Å²) >= 11 is 0. The highest BCUT2D eigenvalue weighted by atomic mass is 16.5. The zero-order valence-corrected chi connectivity index (χ0v) is 22.9. The third-order valence-corrected chi connectivity index (χ3v) is 8.82. The van der Waals surface area contributed by atoms with Gasteiger partial charge in [-0.2, -0.15) is 0 Å². The minimum absolute atomic E-state index is 0.111. The van der Waals surface area contributed by atoms with E-state index in [1.54, 1.807) is 11.8 Å². The molecule has 6 rings (SSSR count). The van der Waals surface area contributed by atoms with Crippen molar-refractivity contribution in [3.05, 3.63) is 95.6 Å². The van der Waals surface area contributed by atoms with Crippen molar-refractivity contribution in [3.8, 4) is 11.1 Å². The molecule has 2 saturated heterocycles. The van der Waals surface area contributed by atoms with Gasteiger partial charge in [0.2, 0.25) is 5.91 Å². The van der Waals surface area contributed by atoms with Gasteiger partial charge in [0.25, 0.3) is 0 Å². The van der Waals surface area contributed by atoms with Crippen LogP contribution in [-0.4, -0.2) is 58.8 Å². The zero-order chi connectivity index (χ0) is 28.5. The fourth-order valence-corrected chi connectivity index (χ4v) is 6.80. The lowest BCUT2D eigenvalue weighted by Gasteiger charge is -2.31. The molecule has 2 amide bonds. The van der Waals surface area contributed by atoms with Crippen LogP contribution < -0.4 is 5.32 Å². The molecule has 0 spiro atoms. The van der Waals surface area contributed by atoms with Crippen molar-refractivity contribution < 1.29 is 29.0 Å². The SMILES string of the molecule is C[C@H](OCc1ccccc1)[C@@H](NC(=O)OCC1c2ccccc2-c2ccccc21)C(=O)N1C2CCC1C(C(=O)O)C2. The molecule has 8 heteroatoms. The Morgan fingerprint density at radius 3 is 2.20 bits per heavy atom. The predicted octanol–water partition coefficient (Wildman–Crippen LogP) is 4.96. The van der Waals surface area contributed by atoms with E-state index in [1.807, 2.05) is 54.6 Å². The van der Waals surface area contributed by atoms with Crippen LogP contribution in [0, 0.1) is 5.92 Å². The van der Waals surface area contributed by atoms with Crippen LogP contribution in [-0.2, 0) is 25.7 Å². The molecular formula is C33H34N2O6. The number of carbonyl (C=O) groups is 3. The van der Waals surface area contributed by atoms with Crippen molar-refractivity contribution in [2.45, 2.75) is 62.9 Å². The fraction of sp³-hybridized carbons (Fsp3) is 0.364. The third-order valence-electron chi connectivity index (χ3n) is 8.82. The fourth-order valence-electron chi connectivity index (χ4n) is 6.80. The maximum atomic E-state index is 13.9. The van der Waals surface area contributed by atoms with Crippen LogP contribution in [0.25, 0.3) is 11.1 Å². The minimum Gasteiger partial charge on any atom is -0.481 e. The monoisotopic (exact) mass is 554 g/mol. The lowest BCUT2D eigenvalue weighted by molar-refractivity contribution is -0.144. The molecule has 0 radical (unpaired) electrons. The molecule has 212 valence electrons. The molecule has 3 aliphatic rings. The number of carboxylic acid groups (broad SMARTS) is 1. The number of ether oxygens (including phenoxy) is 2. The second-order valence-electron chi connectivity index (χ2n) is 11.2. The number of fused-ring (bicyclic) bond motifs is 5. The number of rotatable bonds is 9. The predicted molar refractivity (Wildman–Crippen MR) is 152 cm³/mol. The maximum absolute atomic E-state index is 13.9. The second kappa shape index (κ2) is 11.4. The van der Waals surface area contributed by atoms with Crippen LogP contribution >= 0.6 is 0 Å². The van der Waals surface area contributed by atoms with Gasteiger partial charge in [0.1, 0.15) is 12.6 Å². The highest BCUT2D eigenvalue weighted by Gasteiger charge is 2.53. The molecule has 0 saturated carbocycles. The van der Waals surface area contributed by atoms with Gasteiger partial charge >= 0.3 is 12.1 Å². The number of benzene rings is 3. The second-order valence-corrected chi connectivity index (χ2v) is 11.2. The van der Waals surface area contributed by atoms with Crippen LogP contribution in [0.15, 0.2) is 78.9 Å². The van der Waals surface area contributed by atoms with Gasteiger partial charge in [-0.25, -0.2) is 4.79 Å². The number of nitrogens with one attached hydrogen (secondary N) is 1. The summed E-state index contributed by atoms with van der Waals surface area (Å²) in [6.07, 6.45) is 0.456. The standard InChI is InChI=1S/C33H34N2O6/c1-20(40-18-21-9-3-2-4-10-21)30(31(36)35-22-15-16-29(35)27(17-22)32(37)38)34-33(39)41-19-28-25-13-7-5-11-23(25)24-12-6-8-14-26(24)28/h2-14,20,22,27-30H,15-19H2,1H3,(H,34,39)(H,37,38)/t20-,22?,27?,29?,30+/m0/s1. The average Bonchev–Trinajstić information content (AvgIpc) is 3.67. The molecule has 2 bridgehead atoms. The summed E-state index contributed by atoms with van der Waals surface area (Å²) in [6.45, 7) is 2.14. The summed E-state index contributed by atoms with van der Waals surface area (Å²) in [5.41, 5.74) is 5.40. The molecule has 5 atom stereocenters. The first-order chi connectivity index (χ1) is 19.9. The van der Waals surface area contributed by atoms with Gasteiger partial charge in [0.15, 0.2) is 0 Å². The Hall–Kier alpha value is -4.17. The summed E-state index contributed by atoms with van der Waals surface area (Å²) < 4.78 is 11.8. The summed E-state index contributed by atoms with van der Waals surface area (Å²) in [7, 11) is 0. The van der Waals surface area contributed by atoms with E-state index in [0.717, 1.165) is 34.2 Å². The molecule has 3 aromatic rings. The van der Waals surface area contributed by atoms with Gasteiger partial charge in [-0.3, -0.25) is 9.59 Å². The number of carboxylic acids is 1. The molecular weight excluding hydrogens is 520 g/mol. The van der Waals surface area contributed by atoms with Crippen LogP contribution in [0.4, 0.5) is 4.79 Å². The smallest absolute Gasteiger partial charge is 0.407 e.